The third kappa shape index (κ3) is 3.12. The van der Waals surface area contributed by atoms with Crippen LogP contribution in [0.5, 0.6) is 0 Å². The van der Waals surface area contributed by atoms with Gasteiger partial charge in [0, 0.05) is 5.39 Å². The number of fused-ring (bicyclic) bond motifs is 1. The molecule has 0 aliphatic carbocycles. The van der Waals surface area contributed by atoms with Gasteiger partial charge in [0.1, 0.15) is 17.1 Å². The van der Waals surface area contributed by atoms with Crippen LogP contribution in [0.15, 0.2) is 40.8 Å². The highest BCUT2D eigenvalue weighted by Crippen LogP contribution is 2.31. The number of carbonyl (C=O) groups excluding carboxylic acids is 2. The lowest BCUT2D eigenvalue weighted by molar-refractivity contribution is 0.0974. The van der Waals surface area contributed by atoms with Crippen LogP contribution in [0.25, 0.3) is 16.7 Å². The van der Waals surface area contributed by atoms with Gasteiger partial charge in [-0.3, -0.25) is 9.59 Å². The van der Waals surface area contributed by atoms with Crippen LogP contribution in [0.2, 0.25) is 0 Å². The maximum Gasteiger partial charge on any atom is 0.255 e. The molecule has 0 unspecified atom stereocenters. The van der Waals surface area contributed by atoms with Gasteiger partial charge in [0.2, 0.25) is 5.88 Å². The number of hydrogen-bond donors (Lipinski definition) is 2. The lowest BCUT2D eigenvalue weighted by Gasteiger charge is -2.08. The van der Waals surface area contributed by atoms with Gasteiger partial charge in [-0.2, -0.15) is 5.10 Å². The van der Waals surface area contributed by atoms with Crippen LogP contribution in [-0.2, 0) is 0 Å². The van der Waals surface area contributed by atoms with Crippen LogP contribution in [0, 0.1) is 20.8 Å². The van der Waals surface area contributed by atoms with Gasteiger partial charge in [0.15, 0.2) is 11.4 Å². The summed E-state index contributed by atoms with van der Waals surface area (Å²) in [5, 5.41) is 8.60. The van der Waals surface area contributed by atoms with E-state index in [1.165, 1.54) is 6.92 Å². The Morgan fingerprint density at radius 2 is 1.80 bits per heavy atom. The van der Waals surface area contributed by atoms with E-state index in [1.807, 2.05) is 50.2 Å². The first kappa shape index (κ1) is 19.4. The van der Waals surface area contributed by atoms with Gasteiger partial charge in [-0.25, -0.2) is 9.67 Å². The third-order valence-corrected chi connectivity index (χ3v) is 4.94. The van der Waals surface area contributed by atoms with Crippen molar-refractivity contribution in [3.05, 3.63) is 64.5 Å². The largest absolute Gasteiger partial charge is 0.444 e. The summed E-state index contributed by atoms with van der Waals surface area (Å²) >= 11 is 0. The SMILES string of the molecule is CC(=O)c1c(C)oc(Nc2cc(C)c3c(C)nn(-c4ccccc4)c3n2)c1C(N)=O. The first-order chi connectivity index (χ1) is 14.3. The standard InChI is InChI=1S/C22H21N5O3/c1-11-10-16(25-22-19(20(23)29)18(13(3)28)14(4)30-22)24-21-17(11)12(2)26-27(21)15-8-6-5-7-9-15/h5-10H,1-4H3,(H2,23,29)(H,24,25). The maximum atomic E-state index is 12.0. The summed E-state index contributed by atoms with van der Waals surface area (Å²) in [5.74, 6) is -0.179. The monoisotopic (exact) mass is 403 g/mol. The van der Waals surface area contributed by atoms with Crippen LogP contribution in [0.1, 0.15) is 44.7 Å². The minimum atomic E-state index is -0.748. The number of nitrogens with one attached hydrogen (secondary N) is 1. The van der Waals surface area contributed by atoms with Crippen molar-refractivity contribution >= 4 is 34.4 Å². The van der Waals surface area contributed by atoms with Gasteiger partial charge in [0.25, 0.3) is 5.91 Å². The Hall–Kier alpha value is -3.94. The Morgan fingerprint density at radius 1 is 1.10 bits per heavy atom. The molecule has 3 N–H and O–H groups in total. The number of furan rings is 1. The second-order valence-electron chi connectivity index (χ2n) is 7.14. The Bertz CT molecular complexity index is 1300. The number of aromatic nitrogens is 3. The van der Waals surface area contributed by atoms with Crippen molar-refractivity contribution in [1.82, 2.24) is 14.8 Å². The van der Waals surface area contributed by atoms with Crippen molar-refractivity contribution in [2.45, 2.75) is 27.7 Å². The first-order valence-corrected chi connectivity index (χ1v) is 9.41. The number of amides is 1. The smallest absolute Gasteiger partial charge is 0.255 e. The van der Waals surface area contributed by atoms with Crippen molar-refractivity contribution < 1.29 is 14.0 Å². The summed E-state index contributed by atoms with van der Waals surface area (Å²) in [6.07, 6.45) is 0. The zero-order chi connectivity index (χ0) is 21.6. The van der Waals surface area contributed by atoms with Crippen molar-refractivity contribution in [2.24, 2.45) is 5.73 Å². The van der Waals surface area contributed by atoms with Gasteiger partial charge in [-0.1, -0.05) is 18.2 Å². The molecule has 0 radical (unpaired) electrons. The number of para-hydroxylation sites is 1. The number of aryl methyl sites for hydroxylation is 3. The molecular formula is C22H21N5O3. The van der Waals surface area contributed by atoms with Crippen molar-refractivity contribution in [1.29, 1.82) is 0 Å². The highest BCUT2D eigenvalue weighted by atomic mass is 16.4. The average Bonchev–Trinajstić information content (AvgIpc) is 3.19. The number of ketones is 1. The van der Waals surface area contributed by atoms with E-state index in [2.05, 4.69) is 10.4 Å². The van der Waals surface area contributed by atoms with E-state index < -0.39 is 5.91 Å². The number of anilines is 2. The molecule has 0 bridgehead atoms. The first-order valence-electron chi connectivity index (χ1n) is 9.41. The van der Waals surface area contributed by atoms with Crippen molar-refractivity contribution in [3.8, 4) is 5.69 Å². The molecule has 3 heterocycles. The number of Topliss-reactive ketones (excluding diaryl/α,β-unsaturated/α-hetero) is 1. The van der Waals surface area contributed by atoms with Gasteiger partial charge in [-0.05, 0) is 51.5 Å². The Labute approximate surface area is 172 Å². The lowest BCUT2D eigenvalue weighted by Crippen LogP contribution is -2.16. The van der Waals surface area contributed by atoms with E-state index in [9.17, 15) is 9.59 Å². The van der Waals surface area contributed by atoms with Crippen molar-refractivity contribution in [3.63, 3.8) is 0 Å². The fourth-order valence-corrected chi connectivity index (χ4v) is 3.72. The minimum Gasteiger partial charge on any atom is -0.444 e. The Kier molecular flexibility index (Phi) is 4.62. The molecule has 0 atom stereocenters. The summed E-state index contributed by atoms with van der Waals surface area (Å²) in [4.78, 5) is 28.7. The van der Waals surface area contributed by atoms with Crippen LogP contribution in [-0.4, -0.2) is 26.5 Å². The zero-order valence-electron chi connectivity index (χ0n) is 17.1. The summed E-state index contributed by atoms with van der Waals surface area (Å²) in [6, 6.07) is 11.5. The van der Waals surface area contributed by atoms with Gasteiger partial charge in [-0.15, -0.1) is 0 Å². The molecule has 1 aromatic carbocycles. The van der Waals surface area contributed by atoms with E-state index in [0.717, 1.165) is 22.3 Å². The van der Waals surface area contributed by atoms with Crippen LogP contribution in [0.4, 0.5) is 11.7 Å². The van der Waals surface area contributed by atoms with Crippen molar-refractivity contribution in [2.75, 3.05) is 5.32 Å². The summed E-state index contributed by atoms with van der Waals surface area (Å²) in [7, 11) is 0. The Balaban J connectivity index is 1.87. The molecule has 0 fully saturated rings. The number of primary amides is 1. The average molecular weight is 403 g/mol. The van der Waals surface area contributed by atoms with Gasteiger partial charge < -0.3 is 15.5 Å². The molecule has 3 aromatic heterocycles. The number of carbonyl (C=O) groups is 2. The molecule has 0 saturated heterocycles. The molecule has 1 amide bonds. The molecule has 152 valence electrons. The lowest BCUT2D eigenvalue weighted by atomic mass is 10.1. The quantitative estimate of drug-likeness (QED) is 0.487. The highest BCUT2D eigenvalue weighted by molar-refractivity contribution is 6.10. The molecule has 4 aromatic rings. The molecule has 0 saturated carbocycles. The van der Waals surface area contributed by atoms with Crippen LogP contribution in [0.3, 0.4) is 0 Å². The summed E-state index contributed by atoms with van der Waals surface area (Å²) in [6.45, 7) is 6.88. The van der Waals surface area contributed by atoms with Crippen LogP contribution < -0.4 is 11.1 Å². The predicted molar refractivity (Wildman–Crippen MR) is 114 cm³/mol. The maximum absolute atomic E-state index is 12.0. The molecule has 30 heavy (non-hydrogen) atoms. The highest BCUT2D eigenvalue weighted by Gasteiger charge is 2.26. The molecule has 0 aliphatic rings. The topological polar surface area (TPSA) is 116 Å². The number of benzene rings is 1. The number of nitrogens with zero attached hydrogens (tertiary/aromatic N) is 3. The number of nitrogens with two attached hydrogens (primary N) is 1. The molecular weight excluding hydrogens is 382 g/mol. The molecule has 0 spiro atoms. The van der Waals surface area contributed by atoms with E-state index in [-0.39, 0.29) is 22.8 Å². The van der Waals surface area contributed by atoms with E-state index in [0.29, 0.717) is 17.2 Å². The summed E-state index contributed by atoms with van der Waals surface area (Å²) in [5.41, 5.74) is 9.07. The fourth-order valence-electron chi connectivity index (χ4n) is 3.72. The normalized spacial score (nSPS) is 11.1. The number of hydrogen-bond acceptors (Lipinski definition) is 6. The summed E-state index contributed by atoms with van der Waals surface area (Å²) < 4.78 is 7.42. The second kappa shape index (κ2) is 7.14. The Morgan fingerprint density at radius 3 is 2.43 bits per heavy atom. The van der Waals surface area contributed by atoms with Gasteiger partial charge in [0.05, 0.1) is 16.9 Å². The fraction of sp³-hybridized carbons (Fsp3) is 0.182. The molecule has 0 aliphatic heterocycles. The minimum absolute atomic E-state index is 0.0206. The number of pyridine rings is 1. The van der Waals surface area contributed by atoms with E-state index in [4.69, 9.17) is 15.1 Å². The third-order valence-electron chi connectivity index (χ3n) is 4.94. The van der Waals surface area contributed by atoms with E-state index in [1.54, 1.807) is 11.6 Å². The van der Waals surface area contributed by atoms with Gasteiger partial charge >= 0.3 is 0 Å². The molecule has 8 heteroatoms. The molecule has 4 rings (SSSR count). The van der Waals surface area contributed by atoms with Crippen LogP contribution >= 0.6 is 0 Å². The molecule has 8 nitrogen and oxygen atoms in total. The predicted octanol–water partition coefficient (Wildman–Crippen LogP) is 3.98. The second-order valence-corrected chi connectivity index (χ2v) is 7.14. The zero-order valence-corrected chi connectivity index (χ0v) is 17.1. The number of rotatable bonds is 5. The van der Waals surface area contributed by atoms with E-state index >= 15 is 0 Å².